The van der Waals surface area contributed by atoms with Crippen LogP contribution in [0.1, 0.15) is 0 Å². The molecule has 15 heavy (non-hydrogen) atoms. The Kier molecular flexibility index (Phi) is 3.91. The molecule has 0 unspecified atom stereocenters. The van der Waals surface area contributed by atoms with Crippen molar-refractivity contribution in [1.29, 1.82) is 0 Å². The molecule has 0 aliphatic rings. The van der Waals surface area contributed by atoms with Crippen molar-refractivity contribution in [3.63, 3.8) is 0 Å². The van der Waals surface area contributed by atoms with Crippen molar-refractivity contribution in [2.75, 3.05) is 0 Å². The molecule has 0 bridgehead atoms. The summed E-state index contributed by atoms with van der Waals surface area (Å²) in [7, 11) is 0. The summed E-state index contributed by atoms with van der Waals surface area (Å²) in [5.41, 5.74) is 0. The second-order valence-corrected chi connectivity index (χ2v) is 2.93. The number of allylic oxidation sites excluding steroid dienone is 1. The van der Waals surface area contributed by atoms with Crippen LogP contribution in [0.4, 0.5) is 35.1 Å². The maximum absolute atomic E-state index is 12.4. The van der Waals surface area contributed by atoms with Crippen molar-refractivity contribution in [2.24, 2.45) is 0 Å². The van der Waals surface area contributed by atoms with Gasteiger partial charge in [-0.3, -0.25) is 0 Å². The van der Waals surface area contributed by atoms with E-state index in [0.29, 0.717) is 0 Å². The first kappa shape index (κ1) is 14.8. The van der Waals surface area contributed by atoms with E-state index in [1.165, 1.54) is 0 Å². The van der Waals surface area contributed by atoms with Gasteiger partial charge in [0.2, 0.25) is 5.29 Å². The van der Waals surface area contributed by atoms with Crippen LogP contribution in [0.15, 0.2) is 10.3 Å². The maximum atomic E-state index is 12.4. The average molecular weight is 283 g/mol. The van der Waals surface area contributed by atoms with E-state index in [-0.39, 0.29) is 0 Å². The van der Waals surface area contributed by atoms with Crippen LogP contribution in [0.2, 0.25) is 0 Å². The van der Waals surface area contributed by atoms with Gasteiger partial charge in [-0.25, -0.2) is 0 Å². The van der Waals surface area contributed by atoms with Crippen molar-refractivity contribution < 1.29 is 35.1 Å². The Morgan fingerprint density at radius 2 is 1.13 bits per heavy atom. The van der Waals surface area contributed by atoms with Gasteiger partial charge < -0.3 is 0 Å². The van der Waals surface area contributed by atoms with E-state index in [4.69, 9.17) is 0 Å². The minimum absolute atomic E-state index is 2.54. The summed E-state index contributed by atoms with van der Waals surface area (Å²) in [6.45, 7) is 0. The largest absolute Gasteiger partial charge is 0.460 e. The van der Waals surface area contributed by atoms with E-state index in [1.807, 2.05) is 0 Å². The highest BCUT2D eigenvalue weighted by Crippen LogP contribution is 2.51. The van der Waals surface area contributed by atoms with Crippen LogP contribution in [-0.2, 0) is 0 Å². The van der Waals surface area contributed by atoms with E-state index >= 15 is 0 Å². The molecular formula is C5Cl2F8. The molecule has 0 saturated carbocycles. The predicted molar refractivity (Wildman–Crippen MR) is 35.8 cm³/mol. The van der Waals surface area contributed by atoms with E-state index in [9.17, 15) is 35.1 Å². The molecule has 0 spiro atoms. The molecule has 0 aromatic carbocycles. The van der Waals surface area contributed by atoms with E-state index in [2.05, 4.69) is 23.2 Å². The van der Waals surface area contributed by atoms with Crippen molar-refractivity contribution in [2.45, 2.75) is 18.0 Å². The third-order valence-corrected chi connectivity index (χ3v) is 1.88. The van der Waals surface area contributed by atoms with Gasteiger partial charge in [0, 0.05) is 0 Å². The lowest BCUT2D eigenvalue weighted by atomic mass is 10.1. The fourth-order valence-corrected chi connectivity index (χ4v) is 0.672. The molecule has 0 fully saturated rings. The van der Waals surface area contributed by atoms with Gasteiger partial charge >= 0.3 is 18.0 Å². The van der Waals surface area contributed by atoms with Crippen molar-refractivity contribution >= 4 is 23.2 Å². The SMILES string of the molecule is FC(Cl)=C(Cl)C(F)(F)C(F)(F)C(F)(F)F. The van der Waals surface area contributed by atoms with Crippen LogP contribution in [0, 0.1) is 0 Å². The number of hydrogen-bond acceptors (Lipinski definition) is 0. The number of alkyl halides is 7. The maximum Gasteiger partial charge on any atom is 0.460 e. The Bertz CT molecular complexity index is 273. The van der Waals surface area contributed by atoms with Gasteiger partial charge in [-0.2, -0.15) is 35.1 Å². The first-order valence-corrected chi connectivity index (χ1v) is 3.65. The Hall–Kier alpha value is -0.240. The number of rotatable bonds is 2. The summed E-state index contributed by atoms with van der Waals surface area (Å²) in [6.07, 6.45) is -6.58. The Balaban J connectivity index is 5.49. The van der Waals surface area contributed by atoms with Crippen LogP contribution in [-0.4, -0.2) is 18.0 Å². The molecule has 0 atom stereocenters. The fourth-order valence-electron chi connectivity index (χ4n) is 0.435. The first-order chi connectivity index (χ1) is 6.35. The van der Waals surface area contributed by atoms with Gasteiger partial charge in [0.25, 0.3) is 0 Å². The van der Waals surface area contributed by atoms with E-state index in [0.717, 1.165) is 0 Å². The summed E-state index contributed by atoms with van der Waals surface area (Å²) in [6, 6.07) is 0. The molecule has 0 aliphatic carbocycles. The van der Waals surface area contributed by atoms with E-state index < -0.39 is 28.3 Å². The highest BCUT2D eigenvalue weighted by atomic mass is 35.5. The normalized spacial score (nSPS) is 16.4. The zero-order valence-electron chi connectivity index (χ0n) is 6.28. The van der Waals surface area contributed by atoms with Crippen molar-refractivity contribution in [1.82, 2.24) is 0 Å². The lowest BCUT2D eigenvalue weighted by molar-refractivity contribution is -0.343. The minimum atomic E-state index is -6.58. The zero-order valence-corrected chi connectivity index (χ0v) is 7.79. The molecule has 0 aliphatic heterocycles. The van der Waals surface area contributed by atoms with Crippen LogP contribution in [0.25, 0.3) is 0 Å². The van der Waals surface area contributed by atoms with Crippen molar-refractivity contribution in [3.8, 4) is 0 Å². The number of hydrogen-bond donors (Lipinski definition) is 0. The average Bonchev–Trinajstić information content (AvgIpc) is 2.00. The molecular weight excluding hydrogens is 283 g/mol. The van der Waals surface area contributed by atoms with E-state index in [1.54, 1.807) is 0 Å². The van der Waals surface area contributed by atoms with Crippen LogP contribution in [0.3, 0.4) is 0 Å². The lowest BCUT2D eigenvalue weighted by Gasteiger charge is -2.27. The summed E-state index contributed by atoms with van der Waals surface area (Å²) in [5.74, 6) is -12.5. The first-order valence-electron chi connectivity index (χ1n) is 2.89. The lowest BCUT2D eigenvalue weighted by Crippen LogP contribution is -2.52. The summed E-state index contributed by atoms with van der Waals surface area (Å²) >= 11 is 8.41. The molecule has 0 nitrogen and oxygen atoms in total. The van der Waals surface area contributed by atoms with Gasteiger partial charge in [0.15, 0.2) is 0 Å². The molecule has 0 heterocycles. The van der Waals surface area contributed by atoms with Crippen LogP contribution < -0.4 is 0 Å². The third kappa shape index (κ3) is 2.47. The number of halogens is 10. The monoisotopic (exact) mass is 282 g/mol. The van der Waals surface area contributed by atoms with Gasteiger partial charge in [0.1, 0.15) is 5.03 Å². The molecule has 0 aromatic rings. The van der Waals surface area contributed by atoms with Crippen molar-refractivity contribution in [3.05, 3.63) is 10.3 Å². The quantitative estimate of drug-likeness (QED) is 0.657. The molecule has 0 aromatic heterocycles. The summed E-state index contributed by atoms with van der Waals surface area (Å²) in [5, 5.41) is -5.24. The van der Waals surface area contributed by atoms with Gasteiger partial charge in [-0.05, 0) is 11.6 Å². The van der Waals surface area contributed by atoms with Gasteiger partial charge in [0.05, 0.1) is 0 Å². The summed E-state index contributed by atoms with van der Waals surface area (Å²) < 4.78 is 95.2. The predicted octanol–water partition coefficient (Wildman–Crippen LogP) is 4.44. The molecule has 0 N–H and O–H groups in total. The second kappa shape index (κ2) is 3.97. The third-order valence-electron chi connectivity index (χ3n) is 1.19. The highest BCUT2D eigenvalue weighted by Gasteiger charge is 2.74. The summed E-state index contributed by atoms with van der Waals surface area (Å²) in [4.78, 5) is 0. The molecule has 0 saturated heterocycles. The zero-order chi connectivity index (χ0) is 12.7. The van der Waals surface area contributed by atoms with Crippen LogP contribution in [0.5, 0.6) is 0 Å². The molecule has 0 rings (SSSR count). The smallest absolute Gasteiger partial charge is 0.193 e. The second-order valence-electron chi connectivity index (χ2n) is 2.22. The molecule has 10 heteroatoms. The molecule has 0 radical (unpaired) electrons. The molecule has 0 amide bonds. The Labute approximate surface area is 87.4 Å². The Morgan fingerprint density at radius 1 is 0.800 bits per heavy atom. The highest BCUT2D eigenvalue weighted by molar-refractivity contribution is 6.38. The fraction of sp³-hybridized carbons (Fsp3) is 0.600. The van der Waals surface area contributed by atoms with Gasteiger partial charge in [-0.1, -0.05) is 11.6 Å². The molecule has 90 valence electrons. The Morgan fingerprint density at radius 3 is 1.33 bits per heavy atom. The van der Waals surface area contributed by atoms with Crippen LogP contribution >= 0.6 is 23.2 Å². The topological polar surface area (TPSA) is 0 Å². The minimum Gasteiger partial charge on any atom is -0.193 e. The standard InChI is InChI=1S/C5Cl2F8/c6-1(2(7)8)3(9,10)4(11,12)5(13,14)15. The van der Waals surface area contributed by atoms with Gasteiger partial charge in [-0.15, -0.1) is 0 Å².